The molecule has 0 radical (unpaired) electrons. The van der Waals surface area contributed by atoms with E-state index in [0.717, 1.165) is 10.7 Å². The van der Waals surface area contributed by atoms with Crippen LogP contribution in [0.1, 0.15) is 16.5 Å². The third kappa shape index (κ3) is 2.48. The molecule has 0 amide bonds. The van der Waals surface area contributed by atoms with Gasteiger partial charge in [-0.05, 0) is 25.1 Å². The van der Waals surface area contributed by atoms with E-state index in [-0.39, 0.29) is 5.75 Å². The van der Waals surface area contributed by atoms with Crippen LogP contribution in [-0.4, -0.2) is 20.2 Å². The quantitative estimate of drug-likeness (QED) is 0.567. The molecule has 0 unspecified atom stereocenters. The molecule has 0 saturated heterocycles. The monoisotopic (exact) mass is 288 g/mol. The van der Waals surface area contributed by atoms with Crippen molar-refractivity contribution in [2.75, 3.05) is 5.73 Å². The van der Waals surface area contributed by atoms with Crippen molar-refractivity contribution in [2.24, 2.45) is 0 Å². The van der Waals surface area contributed by atoms with Gasteiger partial charge in [-0.2, -0.15) is 4.98 Å². The third-order valence-corrected chi connectivity index (χ3v) is 3.57. The van der Waals surface area contributed by atoms with Crippen molar-refractivity contribution in [3.05, 3.63) is 40.1 Å². The van der Waals surface area contributed by atoms with Gasteiger partial charge in [0.15, 0.2) is 5.82 Å². The number of aromatic hydroxyl groups is 1. The fourth-order valence-corrected chi connectivity index (χ4v) is 2.38. The fraction of sp³-hybridized carbons (Fsp3) is 0.154. The zero-order valence-electron chi connectivity index (χ0n) is 10.7. The summed E-state index contributed by atoms with van der Waals surface area (Å²) in [7, 11) is 0. The van der Waals surface area contributed by atoms with Gasteiger partial charge >= 0.3 is 0 Å². The summed E-state index contributed by atoms with van der Waals surface area (Å²) in [4.78, 5) is 8.64. The zero-order valence-corrected chi connectivity index (χ0v) is 11.5. The van der Waals surface area contributed by atoms with E-state index in [1.54, 1.807) is 23.5 Å². The van der Waals surface area contributed by atoms with E-state index in [4.69, 9.17) is 10.3 Å². The van der Waals surface area contributed by atoms with Crippen molar-refractivity contribution in [2.45, 2.75) is 13.3 Å². The Balaban J connectivity index is 1.84. The first-order chi connectivity index (χ1) is 9.61. The lowest BCUT2D eigenvalue weighted by atomic mass is 10.2. The van der Waals surface area contributed by atoms with E-state index in [1.165, 1.54) is 6.07 Å². The molecule has 0 aliphatic rings. The number of nitrogen functional groups attached to an aromatic ring is 1. The van der Waals surface area contributed by atoms with Crippen molar-refractivity contribution in [1.82, 2.24) is 15.1 Å². The molecular formula is C13H12N4O2S. The Labute approximate surface area is 118 Å². The highest BCUT2D eigenvalue weighted by Crippen LogP contribution is 2.27. The van der Waals surface area contributed by atoms with Crippen LogP contribution in [0.4, 0.5) is 5.69 Å². The Morgan fingerprint density at radius 3 is 2.90 bits per heavy atom. The molecule has 0 aliphatic carbocycles. The van der Waals surface area contributed by atoms with Crippen LogP contribution >= 0.6 is 11.3 Å². The van der Waals surface area contributed by atoms with Crippen LogP contribution in [-0.2, 0) is 6.42 Å². The van der Waals surface area contributed by atoms with Crippen LogP contribution in [0, 0.1) is 6.92 Å². The highest BCUT2D eigenvalue weighted by atomic mass is 32.1. The summed E-state index contributed by atoms with van der Waals surface area (Å²) in [5.74, 6) is 0.904. The predicted molar refractivity (Wildman–Crippen MR) is 75.5 cm³/mol. The van der Waals surface area contributed by atoms with Gasteiger partial charge in [0.25, 0.3) is 5.89 Å². The lowest BCUT2D eigenvalue weighted by Crippen LogP contribution is -1.91. The highest BCUT2D eigenvalue weighted by Gasteiger charge is 2.12. The van der Waals surface area contributed by atoms with Gasteiger partial charge in [-0.1, -0.05) is 5.16 Å². The van der Waals surface area contributed by atoms with Gasteiger partial charge in [0, 0.05) is 10.9 Å². The van der Waals surface area contributed by atoms with Crippen molar-refractivity contribution >= 4 is 17.0 Å². The van der Waals surface area contributed by atoms with Crippen LogP contribution in [0.25, 0.3) is 11.5 Å². The van der Waals surface area contributed by atoms with Crippen molar-refractivity contribution < 1.29 is 9.63 Å². The molecule has 3 aromatic rings. The Morgan fingerprint density at radius 2 is 2.20 bits per heavy atom. The molecule has 6 nitrogen and oxygen atoms in total. The topological polar surface area (TPSA) is 98.1 Å². The normalized spacial score (nSPS) is 10.8. The minimum absolute atomic E-state index is 0.00243. The van der Waals surface area contributed by atoms with Crippen molar-refractivity contribution in [1.29, 1.82) is 0 Å². The van der Waals surface area contributed by atoms with E-state index >= 15 is 0 Å². The van der Waals surface area contributed by atoms with Gasteiger partial charge < -0.3 is 15.4 Å². The summed E-state index contributed by atoms with van der Waals surface area (Å²) in [6.07, 6.45) is 0.523. The number of aryl methyl sites for hydroxylation is 1. The van der Waals surface area contributed by atoms with Crippen molar-refractivity contribution in [3.8, 4) is 17.2 Å². The first-order valence-electron chi connectivity index (χ1n) is 5.94. The molecule has 2 heterocycles. The lowest BCUT2D eigenvalue weighted by molar-refractivity contribution is 0.423. The van der Waals surface area contributed by atoms with Gasteiger partial charge in [-0.15, -0.1) is 11.3 Å². The molecule has 0 bridgehead atoms. The van der Waals surface area contributed by atoms with Crippen LogP contribution in [0.5, 0.6) is 5.75 Å². The average molecular weight is 288 g/mol. The third-order valence-electron chi connectivity index (χ3n) is 2.75. The number of nitrogens with zero attached hydrogens (tertiary/aromatic N) is 3. The summed E-state index contributed by atoms with van der Waals surface area (Å²) >= 11 is 1.59. The van der Waals surface area contributed by atoms with Crippen LogP contribution in [0.15, 0.2) is 28.1 Å². The second-order valence-electron chi connectivity index (χ2n) is 4.32. The largest absolute Gasteiger partial charge is 0.506 e. The van der Waals surface area contributed by atoms with E-state index in [1.807, 2.05) is 12.3 Å². The maximum Gasteiger partial charge on any atom is 0.258 e. The summed E-state index contributed by atoms with van der Waals surface area (Å²) in [5.41, 5.74) is 7.41. The number of phenolic OH excluding ortho intramolecular Hbond substituents is 1. The molecule has 3 N–H and O–H groups in total. The molecule has 2 aromatic heterocycles. The molecule has 102 valence electrons. The molecule has 0 saturated carbocycles. The van der Waals surface area contributed by atoms with Crippen molar-refractivity contribution in [3.63, 3.8) is 0 Å². The number of aromatic nitrogens is 3. The van der Waals surface area contributed by atoms with Gasteiger partial charge in [-0.3, -0.25) is 0 Å². The molecular weight excluding hydrogens is 276 g/mol. The Hall–Kier alpha value is -2.41. The van der Waals surface area contributed by atoms with E-state index in [2.05, 4.69) is 15.1 Å². The van der Waals surface area contributed by atoms with Crippen LogP contribution in [0.3, 0.4) is 0 Å². The second kappa shape index (κ2) is 4.93. The SMILES string of the molecule is Cc1nc(Cc2noc(-c3ccc(N)c(O)c3)n2)cs1. The van der Waals surface area contributed by atoms with Gasteiger partial charge in [-0.25, -0.2) is 4.98 Å². The Kier molecular flexibility index (Phi) is 3.11. The zero-order chi connectivity index (χ0) is 14.1. The summed E-state index contributed by atoms with van der Waals surface area (Å²) in [6.45, 7) is 1.95. The van der Waals surface area contributed by atoms with Crippen LogP contribution < -0.4 is 5.73 Å². The highest BCUT2D eigenvalue weighted by molar-refractivity contribution is 7.09. The minimum Gasteiger partial charge on any atom is -0.506 e. The average Bonchev–Trinajstić information content (AvgIpc) is 3.03. The molecule has 0 spiro atoms. The molecule has 0 atom stereocenters. The standard InChI is InChI=1S/C13H12N4O2S/c1-7-15-9(6-20-7)5-12-16-13(19-17-12)8-2-3-10(14)11(18)4-8/h2-4,6,18H,5,14H2,1H3. The molecule has 3 rings (SSSR count). The molecule has 1 aromatic carbocycles. The maximum absolute atomic E-state index is 9.58. The Morgan fingerprint density at radius 1 is 1.35 bits per heavy atom. The molecule has 7 heteroatoms. The number of benzene rings is 1. The first-order valence-corrected chi connectivity index (χ1v) is 6.82. The van der Waals surface area contributed by atoms with E-state index in [0.29, 0.717) is 29.4 Å². The Bertz CT molecular complexity index is 750. The second-order valence-corrected chi connectivity index (χ2v) is 5.39. The smallest absolute Gasteiger partial charge is 0.258 e. The number of hydrogen-bond acceptors (Lipinski definition) is 7. The first kappa shape index (κ1) is 12.6. The van der Waals surface area contributed by atoms with Gasteiger partial charge in [0.1, 0.15) is 5.75 Å². The van der Waals surface area contributed by atoms with Crippen LogP contribution in [0.2, 0.25) is 0 Å². The van der Waals surface area contributed by atoms with Gasteiger partial charge in [0.2, 0.25) is 0 Å². The minimum atomic E-state index is -0.00243. The number of thiazole rings is 1. The van der Waals surface area contributed by atoms with E-state index in [9.17, 15) is 5.11 Å². The fourth-order valence-electron chi connectivity index (χ4n) is 1.77. The summed E-state index contributed by atoms with van der Waals surface area (Å²) in [5, 5.41) is 16.5. The number of rotatable bonds is 3. The summed E-state index contributed by atoms with van der Waals surface area (Å²) < 4.78 is 5.19. The number of anilines is 1. The number of hydrogen-bond donors (Lipinski definition) is 2. The molecule has 0 fully saturated rings. The summed E-state index contributed by atoms with van der Waals surface area (Å²) in [6, 6.07) is 4.82. The maximum atomic E-state index is 9.58. The number of phenols is 1. The molecule has 0 aliphatic heterocycles. The number of nitrogens with two attached hydrogens (primary N) is 1. The van der Waals surface area contributed by atoms with Gasteiger partial charge in [0.05, 0.1) is 22.8 Å². The lowest BCUT2D eigenvalue weighted by Gasteiger charge is -1.99. The predicted octanol–water partition coefficient (Wildman–Crippen LogP) is 2.38. The van der Waals surface area contributed by atoms with E-state index < -0.39 is 0 Å². The molecule has 20 heavy (non-hydrogen) atoms.